The monoisotopic (exact) mass is 668 g/mol. The molecule has 0 aliphatic carbocycles. The number of nitrogens with zero attached hydrogens (tertiary/aromatic N) is 4. The lowest BCUT2D eigenvalue weighted by Gasteiger charge is -2.32. The van der Waals surface area contributed by atoms with Crippen molar-refractivity contribution in [2.75, 3.05) is 52.4 Å². The van der Waals surface area contributed by atoms with Crippen LogP contribution in [0.2, 0.25) is 0 Å². The minimum atomic E-state index is 0.978. The van der Waals surface area contributed by atoms with Crippen molar-refractivity contribution in [3.63, 3.8) is 0 Å². The van der Waals surface area contributed by atoms with Crippen LogP contribution < -0.4 is 20.7 Å². The first-order valence-electron chi connectivity index (χ1n) is 16.5. The third-order valence-corrected chi connectivity index (χ3v) is 10.1. The quantitative estimate of drug-likeness (QED) is 0.267. The van der Waals surface area contributed by atoms with Gasteiger partial charge in [-0.1, -0.05) is 118 Å². The lowest BCUT2D eigenvalue weighted by molar-refractivity contribution is 0.148. The lowest BCUT2D eigenvalue weighted by atomic mass is 10.1. The Bertz CT molecular complexity index is 1220. The highest BCUT2D eigenvalue weighted by atomic mass is 28.2. The van der Waals surface area contributed by atoms with Gasteiger partial charge in [-0.25, -0.2) is 0 Å². The molecule has 4 aromatic carbocycles. The molecule has 1 fully saturated rings. The molecule has 0 spiro atoms. The molecule has 0 amide bonds. The highest BCUT2D eigenvalue weighted by Crippen LogP contribution is 2.13. The largest absolute Gasteiger partial charge is 0.298 e. The summed E-state index contributed by atoms with van der Waals surface area (Å²) in [6.07, 6.45) is 2.29. The molecule has 0 saturated carbocycles. The molecule has 5 rings (SSSR count). The maximum absolute atomic E-state index is 3.67. The average Bonchev–Trinajstić information content (AvgIpc) is 3.05. The summed E-state index contributed by atoms with van der Waals surface area (Å²) in [5.41, 5.74) is 5.49. The summed E-state index contributed by atoms with van der Waals surface area (Å²) in [4.78, 5) is 10.7. The second kappa shape index (κ2) is 18.2. The van der Waals surface area contributed by atoms with E-state index >= 15 is 0 Å². The van der Waals surface area contributed by atoms with Crippen LogP contribution >= 0.6 is 0 Å². The molecule has 1 heterocycles. The Labute approximate surface area is 290 Å². The maximum atomic E-state index is 3.67. The highest BCUT2D eigenvalue weighted by molar-refractivity contribution is 6.33. The minimum absolute atomic E-state index is 0.978. The predicted molar refractivity (Wildman–Crippen MR) is 198 cm³/mol. The summed E-state index contributed by atoms with van der Waals surface area (Å²) >= 11 is 0. The molecule has 46 heavy (non-hydrogen) atoms. The van der Waals surface area contributed by atoms with E-state index in [1.807, 2.05) is 0 Å². The maximum Gasteiger partial charge on any atom is 0.0711 e. The van der Waals surface area contributed by atoms with Crippen molar-refractivity contribution in [2.45, 2.75) is 39.0 Å². The predicted octanol–water partition coefficient (Wildman–Crippen LogP) is 1.96. The summed E-state index contributed by atoms with van der Waals surface area (Å²) in [5, 5.41) is 4.51. The molecule has 1 aliphatic heterocycles. The summed E-state index contributed by atoms with van der Waals surface area (Å²) in [7, 11) is 14.7. The van der Waals surface area contributed by atoms with Crippen molar-refractivity contribution >= 4 is 61.7 Å². The highest BCUT2D eigenvalue weighted by Gasteiger charge is 2.16. The second-order valence-corrected chi connectivity index (χ2v) is 14.9. The van der Waals surface area contributed by atoms with Gasteiger partial charge in [0.2, 0.25) is 0 Å². The molecular weight excluding hydrogens is 625 g/mol. The number of hydrogen-bond donors (Lipinski definition) is 0. The van der Waals surface area contributed by atoms with Gasteiger partial charge < -0.3 is 0 Å². The summed E-state index contributed by atoms with van der Waals surface area (Å²) < 4.78 is 0. The Morgan fingerprint density at radius 1 is 0.304 bits per heavy atom. The zero-order valence-electron chi connectivity index (χ0n) is 26.9. The first-order chi connectivity index (χ1) is 22.4. The van der Waals surface area contributed by atoms with Crippen molar-refractivity contribution in [3.8, 4) is 0 Å². The number of hydrogen-bond acceptors (Lipinski definition) is 4. The molecule has 4 aromatic rings. The summed E-state index contributed by atoms with van der Waals surface area (Å²) in [6.45, 7) is 12.5. The fourth-order valence-electron chi connectivity index (χ4n) is 6.15. The SMILES string of the molecule is [Si]c1ccc(CN2CCCN(Cc3ccc([Si])cc3)CCN(Cc3ccc([Si])cc3)CCCN(Cc3ccc([Si])cc3)CC2)cc1. The smallest absolute Gasteiger partial charge is 0.0711 e. The van der Waals surface area contributed by atoms with Gasteiger partial charge in [0.05, 0.1) is 41.0 Å². The van der Waals surface area contributed by atoms with Crippen molar-refractivity contribution in [2.24, 2.45) is 0 Å². The van der Waals surface area contributed by atoms with Crippen LogP contribution in [0.1, 0.15) is 35.1 Å². The van der Waals surface area contributed by atoms with E-state index in [-0.39, 0.29) is 0 Å². The van der Waals surface area contributed by atoms with Crippen LogP contribution in [0.25, 0.3) is 0 Å². The fraction of sp³-hybridized carbons (Fsp3) is 0.368. The Balaban J connectivity index is 1.33. The van der Waals surface area contributed by atoms with Gasteiger partial charge >= 0.3 is 0 Å². The first kappa shape index (κ1) is 34.9. The van der Waals surface area contributed by atoms with Crippen LogP contribution in [-0.2, 0) is 26.2 Å². The topological polar surface area (TPSA) is 13.0 Å². The van der Waals surface area contributed by atoms with Gasteiger partial charge in [0.1, 0.15) is 0 Å². The van der Waals surface area contributed by atoms with Crippen LogP contribution in [-0.4, -0.2) is 113 Å². The molecule has 0 unspecified atom stereocenters. The van der Waals surface area contributed by atoms with Crippen molar-refractivity contribution in [1.29, 1.82) is 0 Å². The van der Waals surface area contributed by atoms with E-state index in [1.54, 1.807) is 0 Å². The van der Waals surface area contributed by atoms with Crippen molar-refractivity contribution in [3.05, 3.63) is 119 Å². The Morgan fingerprint density at radius 2 is 0.500 bits per heavy atom. The molecular formula is C38H44N4Si4. The number of rotatable bonds is 8. The molecule has 4 nitrogen and oxygen atoms in total. The van der Waals surface area contributed by atoms with E-state index in [0.29, 0.717) is 0 Å². The minimum Gasteiger partial charge on any atom is -0.298 e. The van der Waals surface area contributed by atoms with Crippen molar-refractivity contribution < 1.29 is 0 Å². The van der Waals surface area contributed by atoms with Crippen molar-refractivity contribution in [1.82, 2.24) is 19.6 Å². The van der Waals surface area contributed by atoms with E-state index in [0.717, 1.165) is 112 Å². The normalized spacial score (nSPS) is 17.1. The Kier molecular flexibility index (Phi) is 13.8. The molecule has 12 radical (unpaired) electrons. The zero-order valence-corrected chi connectivity index (χ0v) is 30.9. The molecule has 0 aromatic heterocycles. The molecule has 232 valence electrons. The van der Waals surface area contributed by atoms with E-state index in [1.165, 1.54) is 22.3 Å². The standard InChI is InChI=1S/C38H44N4Si4/c43-35-11-3-31(4-12-35)27-39-19-1-20-40(28-32-5-13-36(44)14-6-32)24-26-42(30-34-9-17-38(46)18-10-34)22-2-21-41(25-23-39)29-33-7-15-37(45)16-8-33/h3-18H,1-2,19-30H2. The van der Waals surface area contributed by atoms with E-state index in [9.17, 15) is 0 Å². The molecule has 8 heteroatoms. The van der Waals surface area contributed by atoms with E-state index in [2.05, 4.69) is 158 Å². The molecule has 1 aliphatic rings. The van der Waals surface area contributed by atoms with Crippen LogP contribution in [0.15, 0.2) is 97.1 Å². The van der Waals surface area contributed by atoms with Gasteiger partial charge in [-0.05, 0) is 61.3 Å². The van der Waals surface area contributed by atoms with E-state index in [4.69, 9.17) is 0 Å². The molecule has 0 bridgehead atoms. The molecule has 0 atom stereocenters. The second-order valence-electron chi connectivity index (χ2n) is 12.6. The molecule has 1 saturated heterocycles. The van der Waals surface area contributed by atoms with Crippen LogP contribution in [0.3, 0.4) is 0 Å². The van der Waals surface area contributed by atoms with Crippen LogP contribution in [0, 0.1) is 0 Å². The Hall–Kier alpha value is -2.41. The zero-order chi connectivity index (χ0) is 32.1. The van der Waals surface area contributed by atoms with Gasteiger partial charge in [0.15, 0.2) is 0 Å². The van der Waals surface area contributed by atoms with Crippen LogP contribution in [0.5, 0.6) is 0 Å². The molecule has 0 N–H and O–H groups in total. The lowest BCUT2D eigenvalue weighted by Crippen LogP contribution is -2.40. The van der Waals surface area contributed by atoms with Gasteiger partial charge in [0, 0.05) is 52.4 Å². The number of benzene rings is 4. The van der Waals surface area contributed by atoms with E-state index < -0.39 is 0 Å². The fourth-order valence-corrected chi connectivity index (χ4v) is 6.82. The van der Waals surface area contributed by atoms with Gasteiger partial charge in [0.25, 0.3) is 0 Å². The van der Waals surface area contributed by atoms with Crippen LogP contribution in [0.4, 0.5) is 0 Å². The van der Waals surface area contributed by atoms with Gasteiger partial charge in [-0.2, -0.15) is 0 Å². The van der Waals surface area contributed by atoms with Gasteiger partial charge in [-0.15, -0.1) is 0 Å². The first-order valence-corrected chi connectivity index (χ1v) is 18.5. The third kappa shape index (κ3) is 12.0. The summed E-state index contributed by atoms with van der Waals surface area (Å²) in [5.74, 6) is 0. The van der Waals surface area contributed by atoms with Gasteiger partial charge in [-0.3, -0.25) is 19.6 Å². The Morgan fingerprint density at radius 3 is 0.696 bits per heavy atom. The average molecular weight is 669 g/mol. The third-order valence-electron chi connectivity index (χ3n) is 8.80. The summed E-state index contributed by atoms with van der Waals surface area (Å²) in [6, 6.07) is 35.4.